The molecule has 2 heteroatoms. The van der Waals surface area contributed by atoms with E-state index in [1.165, 1.54) is 18.5 Å². The Hall–Kier alpha value is -2.06. The summed E-state index contributed by atoms with van der Waals surface area (Å²) in [5.41, 5.74) is 5.31. The minimum atomic E-state index is 0.0702. The largest absolute Gasteiger partial charge is 0.382 e. The lowest BCUT2D eigenvalue weighted by Gasteiger charge is -2.53. The summed E-state index contributed by atoms with van der Waals surface area (Å²) in [7, 11) is 2.05. The van der Waals surface area contributed by atoms with Crippen molar-refractivity contribution < 1.29 is 0 Å². The summed E-state index contributed by atoms with van der Waals surface area (Å²) in [5.74, 6) is 1.04. The van der Waals surface area contributed by atoms with Gasteiger partial charge in [0.2, 0.25) is 0 Å². The Morgan fingerprint density at radius 2 is 1.76 bits per heavy atom. The summed E-state index contributed by atoms with van der Waals surface area (Å²) in [6.07, 6.45) is 30.7. The molecule has 0 radical (unpaired) electrons. The first-order chi connectivity index (χ1) is 16.2. The lowest BCUT2D eigenvalue weighted by atomic mass is 9.52. The van der Waals surface area contributed by atoms with Gasteiger partial charge in [-0.05, 0) is 50.1 Å². The minimum Gasteiger partial charge on any atom is -0.382 e. The zero-order valence-electron chi connectivity index (χ0n) is 22.1. The van der Waals surface area contributed by atoms with Crippen LogP contribution in [0.3, 0.4) is 0 Å². The Labute approximate surface area is 207 Å². The van der Waals surface area contributed by atoms with Crippen molar-refractivity contribution in [2.24, 2.45) is 33.5 Å². The Kier molecular flexibility index (Phi) is 5.75. The molecule has 34 heavy (non-hydrogen) atoms. The van der Waals surface area contributed by atoms with Crippen LogP contribution < -0.4 is 10.6 Å². The van der Waals surface area contributed by atoms with Gasteiger partial charge in [-0.3, -0.25) is 0 Å². The van der Waals surface area contributed by atoms with E-state index in [1.54, 1.807) is 11.1 Å². The van der Waals surface area contributed by atoms with Crippen LogP contribution in [-0.4, -0.2) is 19.6 Å². The molecule has 182 valence electrons. The Bertz CT molecular complexity index is 1050. The standard InChI is InChI=1S/C32H44N2/c1-29(2)28-25(26-14-10-11-19-31(26,29)4)15-16-27(32(28,5)23-12-8-7-9-13-23)34-24-17-20-30(3,21-18-24)22-33-6/h7-12,14,17-20,23,26-27,33-34H,13,15-16,21-22H2,1-6H3. The number of fused-ring (bicyclic) bond motifs is 2. The van der Waals surface area contributed by atoms with Crippen molar-refractivity contribution in [2.75, 3.05) is 13.6 Å². The van der Waals surface area contributed by atoms with Gasteiger partial charge >= 0.3 is 0 Å². The molecule has 0 aromatic carbocycles. The van der Waals surface area contributed by atoms with Crippen LogP contribution in [0.25, 0.3) is 0 Å². The summed E-state index contributed by atoms with van der Waals surface area (Å²) in [5, 5.41) is 7.46. The Morgan fingerprint density at radius 3 is 2.44 bits per heavy atom. The molecule has 5 rings (SSSR count). The average molecular weight is 457 g/mol. The molecule has 0 heterocycles. The van der Waals surface area contributed by atoms with Gasteiger partial charge in [0.15, 0.2) is 0 Å². The number of allylic oxidation sites excluding steroid dienone is 11. The fourth-order valence-corrected chi connectivity index (χ4v) is 8.01. The number of rotatable bonds is 5. The molecule has 0 saturated carbocycles. The first-order valence-electron chi connectivity index (χ1n) is 13.4. The van der Waals surface area contributed by atoms with Gasteiger partial charge in [-0.1, -0.05) is 107 Å². The molecule has 5 aliphatic carbocycles. The number of hydrogen-bond acceptors (Lipinski definition) is 2. The maximum atomic E-state index is 4.10. The molecule has 0 spiro atoms. The third-order valence-electron chi connectivity index (χ3n) is 10.3. The van der Waals surface area contributed by atoms with Crippen molar-refractivity contribution in [3.05, 3.63) is 83.7 Å². The molecule has 2 N–H and O–H groups in total. The lowest BCUT2D eigenvalue weighted by molar-refractivity contribution is 0.110. The van der Waals surface area contributed by atoms with E-state index >= 15 is 0 Å². The monoisotopic (exact) mass is 456 g/mol. The lowest BCUT2D eigenvalue weighted by Crippen LogP contribution is -2.53. The predicted molar refractivity (Wildman–Crippen MR) is 145 cm³/mol. The molecule has 6 unspecified atom stereocenters. The predicted octanol–water partition coefficient (Wildman–Crippen LogP) is 7.03. The van der Waals surface area contributed by atoms with Gasteiger partial charge in [-0.25, -0.2) is 0 Å². The molecule has 0 aromatic heterocycles. The third kappa shape index (κ3) is 3.40. The second-order valence-electron chi connectivity index (χ2n) is 12.6. The molecular formula is C32H44N2. The molecule has 0 bridgehead atoms. The van der Waals surface area contributed by atoms with Gasteiger partial charge in [0, 0.05) is 40.4 Å². The van der Waals surface area contributed by atoms with E-state index in [0.29, 0.717) is 17.9 Å². The number of nitrogens with one attached hydrogen (secondary N) is 2. The van der Waals surface area contributed by atoms with Crippen LogP contribution in [0.15, 0.2) is 83.7 Å². The Morgan fingerprint density at radius 1 is 0.971 bits per heavy atom. The normalized spacial score (nSPS) is 41.9. The van der Waals surface area contributed by atoms with E-state index in [0.717, 1.165) is 19.4 Å². The highest BCUT2D eigenvalue weighted by Crippen LogP contribution is 2.69. The average Bonchev–Trinajstić information content (AvgIpc) is 3.01. The van der Waals surface area contributed by atoms with Crippen molar-refractivity contribution >= 4 is 0 Å². The van der Waals surface area contributed by atoms with E-state index < -0.39 is 0 Å². The fourth-order valence-electron chi connectivity index (χ4n) is 8.01. The van der Waals surface area contributed by atoms with Crippen molar-refractivity contribution in [1.82, 2.24) is 10.6 Å². The molecular weight excluding hydrogens is 412 g/mol. The molecule has 2 nitrogen and oxygen atoms in total. The zero-order valence-corrected chi connectivity index (χ0v) is 22.1. The molecule has 0 fully saturated rings. The van der Waals surface area contributed by atoms with Crippen LogP contribution in [0, 0.1) is 33.5 Å². The Balaban J connectivity index is 1.54. The van der Waals surface area contributed by atoms with Gasteiger partial charge in [-0.2, -0.15) is 0 Å². The van der Waals surface area contributed by atoms with Crippen LogP contribution in [-0.2, 0) is 0 Å². The summed E-state index contributed by atoms with van der Waals surface area (Å²) in [6, 6.07) is 0.424. The van der Waals surface area contributed by atoms with Crippen LogP contribution in [0.2, 0.25) is 0 Å². The highest BCUT2D eigenvalue weighted by atomic mass is 15.0. The molecule has 6 atom stereocenters. The third-order valence-corrected chi connectivity index (χ3v) is 10.3. The highest BCUT2D eigenvalue weighted by molar-refractivity contribution is 5.50. The molecule has 0 aliphatic heterocycles. The van der Waals surface area contributed by atoms with Crippen LogP contribution in [0.1, 0.15) is 60.3 Å². The van der Waals surface area contributed by atoms with Crippen LogP contribution in [0.5, 0.6) is 0 Å². The SMILES string of the molecule is CNCC1(C)C=CC(NC2CCC3=C(C2(C)C2C=CC=CC2)C(C)(C)C2(C)C=CC=CC32)=CC1. The highest BCUT2D eigenvalue weighted by Gasteiger charge is 2.62. The van der Waals surface area contributed by atoms with Crippen molar-refractivity contribution in [3.63, 3.8) is 0 Å². The van der Waals surface area contributed by atoms with Gasteiger partial charge in [-0.15, -0.1) is 0 Å². The van der Waals surface area contributed by atoms with Crippen molar-refractivity contribution in [1.29, 1.82) is 0 Å². The second-order valence-corrected chi connectivity index (χ2v) is 12.6. The maximum Gasteiger partial charge on any atom is 0.0361 e. The first-order valence-corrected chi connectivity index (χ1v) is 13.4. The smallest absolute Gasteiger partial charge is 0.0361 e. The van der Waals surface area contributed by atoms with Gasteiger partial charge in [0.1, 0.15) is 0 Å². The van der Waals surface area contributed by atoms with E-state index in [-0.39, 0.29) is 21.7 Å². The molecule has 5 aliphatic rings. The topological polar surface area (TPSA) is 24.1 Å². The van der Waals surface area contributed by atoms with E-state index in [9.17, 15) is 0 Å². The van der Waals surface area contributed by atoms with Crippen molar-refractivity contribution in [2.45, 2.75) is 66.3 Å². The fraction of sp³-hybridized carbons (Fsp3) is 0.562. The summed E-state index contributed by atoms with van der Waals surface area (Å²) in [4.78, 5) is 0. The minimum absolute atomic E-state index is 0.0702. The van der Waals surface area contributed by atoms with Crippen molar-refractivity contribution in [3.8, 4) is 0 Å². The maximum absolute atomic E-state index is 4.10. The summed E-state index contributed by atoms with van der Waals surface area (Å²) >= 11 is 0. The quantitative estimate of drug-likeness (QED) is 0.434. The van der Waals surface area contributed by atoms with E-state index in [1.807, 2.05) is 7.05 Å². The molecule has 0 amide bonds. The second kappa shape index (κ2) is 8.26. The van der Waals surface area contributed by atoms with Crippen LogP contribution >= 0.6 is 0 Å². The zero-order chi connectivity index (χ0) is 24.2. The first kappa shape index (κ1) is 23.7. The van der Waals surface area contributed by atoms with Gasteiger partial charge in [0.25, 0.3) is 0 Å². The van der Waals surface area contributed by atoms with Crippen LogP contribution in [0.4, 0.5) is 0 Å². The van der Waals surface area contributed by atoms with Gasteiger partial charge in [0.05, 0.1) is 0 Å². The van der Waals surface area contributed by atoms with Gasteiger partial charge < -0.3 is 10.6 Å². The van der Waals surface area contributed by atoms with E-state index in [4.69, 9.17) is 0 Å². The summed E-state index contributed by atoms with van der Waals surface area (Å²) in [6.45, 7) is 13.5. The number of hydrogen-bond donors (Lipinski definition) is 2. The van der Waals surface area contributed by atoms with E-state index in [2.05, 4.69) is 112 Å². The summed E-state index contributed by atoms with van der Waals surface area (Å²) < 4.78 is 0. The molecule has 0 aromatic rings. The molecule has 0 saturated heterocycles.